The van der Waals surface area contributed by atoms with Crippen molar-refractivity contribution in [2.24, 2.45) is 5.73 Å². The largest absolute Gasteiger partial charge is 0.496 e. The molecule has 0 spiro atoms. The van der Waals surface area contributed by atoms with Crippen molar-refractivity contribution >= 4 is 5.69 Å². The standard InChI is InChI=1S/C17H30N2O/c1-6-7-8-12-19(13(2)3)15-10-9-11-16(20-5)17(15)14(4)18/h9-11,13-14H,6-8,12,18H2,1-5H3. The first-order chi connectivity index (χ1) is 9.52. The number of unbranched alkanes of at least 4 members (excludes halogenated alkanes) is 2. The molecule has 1 atom stereocenters. The summed E-state index contributed by atoms with van der Waals surface area (Å²) in [4.78, 5) is 2.44. The zero-order valence-corrected chi connectivity index (χ0v) is 13.6. The Morgan fingerprint density at radius 1 is 1.20 bits per heavy atom. The Bertz CT molecular complexity index is 402. The Labute approximate surface area is 124 Å². The van der Waals surface area contributed by atoms with E-state index in [-0.39, 0.29) is 6.04 Å². The summed E-state index contributed by atoms with van der Waals surface area (Å²) in [6.07, 6.45) is 3.72. The van der Waals surface area contributed by atoms with Crippen LogP contribution in [-0.4, -0.2) is 19.7 Å². The minimum Gasteiger partial charge on any atom is -0.496 e. The van der Waals surface area contributed by atoms with E-state index in [0.29, 0.717) is 6.04 Å². The molecule has 0 heterocycles. The Morgan fingerprint density at radius 3 is 2.40 bits per heavy atom. The van der Waals surface area contributed by atoms with Gasteiger partial charge in [0.1, 0.15) is 5.75 Å². The smallest absolute Gasteiger partial charge is 0.125 e. The van der Waals surface area contributed by atoms with Crippen molar-refractivity contribution in [1.82, 2.24) is 0 Å². The third-order valence-corrected chi connectivity index (χ3v) is 3.65. The number of nitrogens with zero attached hydrogens (tertiary/aromatic N) is 1. The van der Waals surface area contributed by atoms with Crippen LogP contribution in [0, 0.1) is 0 Å². The van der Waals surface area contributed by atoms with Crippen LogP contribution in [-0.2, 0) is 0 Å². The summed E-state index contributed by atoms with van der Waals surface area (Å²) in [6.45, 7) is 9.79. The summed E-state index contributed by atoms with van der Waals surface area (Å²) in [5, 5.41) is 0. The highest BCUT2D eigenvalue weighted by molar-refractivity contribution is 5.61. The van der Waals surface area contributed by atoms with E-state index in [1.165, 1.54) is 24.9 Å². The van der Waals surface area contributed by atoms with Gasteiger partial charge in [-0.25, -0.2) is 0 Å². The molecule has 3 nitrogen and oxygen atoms in total. The zero-order valence-electron chi connectivity index (χ0n) is 13.6. The molecule has 2 N–H and O–H groups in total. The molecule has 0 aliphatic carbocycles. The third-order valence-electron chi connectivity index (χ3n) is 3.65. The highest BCUT2D eigenvalue weighted by atomic mass is 16.5. The Balaban J connectivity index is 3.12. The van der Waals surface area contributed by atoms with Crippen molar-refractivity contribution in [1.29, 1.82) is 0 Å². The fourth-order valence-corrected chi connectivity index (χ4v) is 2.61. The van der Waals surface area contributed by atoms with Gasteiger partial charge in [-0.3, -0.25) is 0 Å². The van der Waals surface area contributed by atoms with Gasteiger partial charge < -0.3 is 15.4 Å². The van der Waals surface area contributed by atoms with Crippen molar-refractivity contribution in [3.05, 3.63) is 23.8 Å². The summed E-state index contributed by atoms with van der Waals surface area (Å²) in [7, 11) is 1.71. The molecule has 1 aromatic carbocycles. The molecule has 3 heteroatoms. The molecule has 0 bridgehead atoms. The van der Waals surface area contributed by atoms with E-state index in [4.69, 9.17) is 10.5 Å². The molecule has 1 unspecified atom stereocenters. The molecule has 0 aliphatic rings. The molecule has 1 aromatic rings. The van der Waals surface area contributed by atoms with Crippen LogP contribution in [0.25, 0.3) is 0 Å². The van der Waals surface area contributed by atoms with Gasteiger partial charge in [-0.05, 0) is 39.3 Å². The second-order valence-electron chi connectivity index (χ2n) is 5.68. The predicted octanol–water partition coefficient (Wildman–Crippen LogP) is 4.12. The second kappa shape index (κ2) is 8.15. The summed E-state index contributed by atoms with van der Waals surface area (Å²) in [5.74, 6) is 0.888. The van der Waals surface area contributed by atoms with E-state index in [2.05, 4.69) is 37.8 Å². The average Bonchev–Trinajstić information content (AvgIpc) is 2.42. The lowest BCUT2D eigenvalue weighted by atomic mass is 10.0. The van der Waals surface area contributed by atoms with E-state index in [1.807, 2.05) is 13.0 Å². The van der Waals surface area contributed by atoms with Crippen molar-refractivity contribution in [2.75, 3.05) is 18.6 Å². The molecule has 0 aromatic heterocycles. The number of methoxy groups -OCH3 is 1. The van der Waals surface area contributed by atoms with E-state index in [1.54, 1.807) is 7.11 Å². The minimum absolute atomic E-state index is 0.0337. The Morgan fingerprint density at radius 2 is 1.90 bits per heavy atom. The number of hydrogen-bond donors (Lipinski definition) is 1. The van der Waals surface area contributed by atoms with Gasteiger partial charge in [0.2, 0.25) is 0 Å². The zero-order chi connectivity index (χ0) is 15.1. The number of rotatable bonds is 8. The van der Waals surface area contributed by atoms with Gasteiger partial charge in [0.25, 0.3) is 0 Å². The molecule has 20 heavy (non-hydrogen) atoms. The van der Waals surface area contributed by atoms with Gasteiger partial charge in [-0.1, -0.05) is 25.8 Å². The van der Waals surface area contributed by atoms with Gasteiger partial charge in [0, 0.05) is 29.9 Å². The van der Waals surface area contributed by atoms with Crippen LogP contribution in [0.1, 0.15) is 58.6 Å². The van der Waals surface area contributed by atoms with Crippen LogP contribution in [0.4, 0.5) is 5.69 Å². The first-order valence-electron chi connectivity index (χ1n) is 7.72. The second-order valence-corrected chi connectivity index (χ2v) is 5.68. The summed E-state index contributed by atoms with van der Waals surface area (Å²) in [5.41, 5.74) is 8.50. The molecule has 0 amide bonds. The number of benzene rings is 1. The van der Waals surface area contributed by atoms with Crippen LogP contribution < -0.4 is 15.4 Å². The van der Waals surface area contributed by atoms with Crippen molar-refractivity contribution < 1.29 is 4.74 Å². The molecule has 1 rings (SSSR count). The van der Waals surface area contributed by atoms with Gasteiger partial charge in [-0.2, -0.15) is 0 Å². The SMILES string of the molecule is CCCCCN(c1cccc(OC)c1C(C)N)C(C)C. The lowest BCUT2D eigenvalue weighted by Gasteiger charge is -2.32. The molecule has 0 radical (unpaired) electrons. The molecular formula is C17H30N2O. The number of ether oxygens (including phenoxy) is 1. The molecule has 114 valence electrons. The van der Waals surface area contributed by atoms with Crippen LogP contribution in [0.15, 0.2) is 18.2 Å². The maximum absolute atomic E-state index is 6.18. The lowest BCUT2D eigenvalue weighted by Crippen LogP contribution is -2.33. The van der Waals surface area contributed by atoms with Crippen LogP contribution >= 0.6 is 0 Å². The molecule has 0 saturated carbocycles. The van der Waals surface area contributed by atoms with Crippen LogP contribution in [0.3, 0.4) is 0 Å². The molecular weight excluding hydrogens is 248 g/mol. The Hall–Kier alpha value is -1.22. The highest BCUT2D eigenvalue weighted by Gasteiger charge is 2.19. The van der Waals surface area contributed by atoms with Crippen molar-refractivity contribution in [2.45, 2.75) is 59.0 Å². The maximum Gasteiger partial charge on any atom is 0.125 e. The number of anilines is 1. The Kier molecular flexibility index (Phi) is 6.86. The number of hydrogen-bond acceptors (Lipinski definition) is 3. The average molecular weight is 278 g/mol. The van der Waals surface area contributed by atoms with Gasteiger partial charge >= 0.3 is 0 Å². The topological polar surface area (TPSA) is 38.5 Å². The lowest BCUT2D eigenvalue weighted by molar-refractivity contribution is 0.406. The molecule has 0 aliphatic heterocycles. The summed E-state index contributed by atoms with van der Waals surface area (Å²) >= 11 is 0. The van der Waals surface area contributed by atoms with E-state index in [0.717, 1.165) is 17.9 Å². The highest BCUT2D eigenvalue weighted by Crippen LogP contribution is 2.34. The fraction of sp³-hybridized carbons (Fsp3) is 0.647. The summed E-state index contributed by atoms with van der Waals surface area (Å²) in [6, 6.07) is 6.62. The first kappa shape index (κ1) is 16.8. The molecule has 0 saturated heterocycles. The van der Waals surface area contributed by atoms with Gasteiger partial charge in [0.05, 0.1) is 7.11 Å². The minimum atomic E-state index is -0.0337. The van der Waals surface area contributed by atoms with E-state index in [9.17, 15) is 0 Å². The van der Waals surface area contributed by atoms with E-state index >= 15 is 0 Å². The van der Waals surface area contributed by atoms with Gasteiger partial charge in [-0.15, -0.1) is 0 Å². The monoisotopic (exact) mass is 278 g/mol. The first-order valence-corrected chi connectivity index (χ1v) is 7.72. The van der Waals surface area contributed by atoms with Crippen LogP contribution in [0.5, 0.6) is 5.75 Å². The maximum atomic E-state index is 6.18. The fourth-order valence-electron chi connectivity index (χ4n) is 2.61. The third kappa shape index (κ3) is 4.14. The predicted molar refractivity (Wildman–Crippen MR) is 87.6 cm³/mol. The quantitative estimate of drug-likeness (QED) is 0.727. The van der Waals surface area contributed by atoms with Crippen LogP contribution in [0.2, 0.25) is 0 Å². The van der Waals surface area contributed by atoms with Crippen molar-refractivity contribution in [3.8, 4) is 5.75 Å². The van der Waals surface area contributed by atoms with Crippen molar-refractivity contribution in [3.63, 3.8) is 0 Å². The van der Waals surface area contributed by atoms with E-state index < -0.39 is 0 Å². The van der Waals surface area contributed by atoms with Gasteiger partial charge in [0.15, 0.2) is 0 Å². The molecule has 0 fully saturated rings. The normalized spacial score (nSPS) is 12.6. The summed E-state index contributed by atoms with van der Waals surface area (Å²) < 4.78 is 5.50. The number of nitrogens with two attached hydrogens (primary N) is 1.